The van der Waals surface area contributed by atoms with Crippen LogP contribution in [-0.2, 0) is 4.74 Å². The van der Waals surface area contributed by atoms with Crippen LogP contribution in [0.1, 0.15) is 17.0 Å². The minimum Gasteiger partial charge on any atom is -0.427 e. The molecule has 1 aliphatic rings. The molecule has 2 aromatic carbocycles. The fourth-order valence-electron chi connectivity index (χ4n) is 2.67. The van der Waals surface area contributed by atoms with Gasteiger partial charge in [0.25, 0.3) is 0 Å². The van der Waals surface area contributed by atoms with Crippen molar-refractivity contribution < 1.29 is 9.66 Å². The van der Waals surface area contributed by atoms with E-state index in [0.29, 0.717) is 11.1 Å². The summed E-state index contributed by atoms with van der Waals surface area (Å²) in [5.74, 6) is -0.450. The number of benzene rings is 2. The summed E-state index contributed by atoms with van der Waals surface area (Å²) in [5.41, 5.74) is 1.60. The molecule has 0 aromatic heterocycles. The molecule has 0 N–H and O–H groups in total. The summed E-state index contributed by atoms with van der Waals surface area (Å²) in [7, 11) is 0. The maximum absolute atomic E-state index is 11.4. The Hall–Kier alpha value is -2.65. The van der Waals surface area contributed by atoms with E-state index in [0.717, 1.165) is 4.47 Å². The van der Waals surface area contributed by atoms with Crippen LogP contribution in [0.2, 0.25) is 0 Å². The lowest BCUT2D eigenvalue weighted by Crippen LogP contribution is -2.26. The number of rotatable bonds is 3. The zero-order valence-electron chi connectivity index (χ0n) is 11.8. The van der Waals surface area contributed by atoms with E-state index >= 15 is 0 Å². The fraction of sp³-hybridized carbons (Fsp3) is 0.118. The third kappa shape index (κ3) is 2.83. The van der Waals surface area contributed by atoms with E-state index in [1.165, 1.54) is 0 Å². The molecular formula is C17H11BrN2O3. The van der Waals surface area contributed by atoms with E-state index in [4.69, 9.17) is 4.74 Å². The minimum absolute atomic E-state index is 0.268. The molecule has 1 aliphatic heterocycles. The molecule has 0 aliphatic carbocycles. The average molecular weight is 371 g/mol. The molecule has 114 valence electrons. The second kappa shape index (κ2) is 6.23. The minimum atomic E-state index is -1.30. The highest BCUT2D eigenvalue weighted by molar-refractivity contribution is 9.10. The van der Waals surface area contributed by atoms with Crippen molar-refractivity contribution in [3.05, 3.63) is 85.9 Å². The van der Waals surface area contributed by atoms with Gasteiger partial charge in [0, 0.05) is 10.0 Å². The van der Waals surface area contributed by atoms with Crippen molar-refractivity contribution in [2.75, 3.05) is 0 Å². The second-order valence-corrected chi connectivity index (χ2v) is 5.96. The molecule has 0 spiro atoms. The van der Waals surface area contributed by atoms with Crippen molar-refractivity contribution in [2.24, 2.45) is 0 Å². The molecule has 2 aromatic rings. The molecule has 0 fully saturated rings. The van der Waals surface area contributed by atoms with E-state index in [-0.39, 0.29) is 11.3 Å². The number of nitriles is 1. The Morgan fingerprint density at radius 1 is 1.17 bits per heavy atom. The number of nitro groups is 1. The van der Waals surface area contributed by atoms with E-state index in [1.54, 1.807) is 42.5 Å². The van der Waals surface area contributed by atoms with E-state index in [9.17, 15) is 15.4 Å². The van der Waals surface area contributed by atoms with Gasteiger partial charge in [0.2, 0.25) is 0 Å². The lowest BCUT2D eigenvalue weighted by molar-refractivity contribution is -0.567. The van der Waals surface area contributed by atoms with Crippen LogP contribution in [-0.4, -0.2) is 11.2 Å². The van der Waals surface area contributed by atoms with Gasteiger partial charge in [-0.3, -0.25) is 10.1 Å². The Bertz CT molecular complexity index is 827. The summed E-state index contributed by atoms with van der Waals surface area (Å²) in [6.45, 7) is 0. The van der Waals surface area contributed by atoms with Crippen LogP contribution in [0.3, 0.4) is 0 Å². The van der Waals surface area contributed by atoms with Gasteiger partial charge in [-0.2, -0.15) is 5.26 Å². The first-order valence-electron chi connectivity index (χ1n) is 6.87. The van der Waals surface area contributed by atoms with Crippen LogP contribution in [0.25, 0.3) is 5.76 Å². The number of nitrogens with zero attached hydrogens (tertiary/aromatic N) is 2. The Morgan fingerprint density at radius 2 is 1.91 bits per heavy atom. The van der Waals surface area contributed by atoms with Gasteiger partial charge in [0.15, 0.2) is 0 Å². The molecule has 0 unspecified atom stereocenters. The SMILES string of the molecule is N#CC1=C(c2cccc(Br)c2)O[C@H]([N+](=O)[O-])[C@H]1c1ccccc1. The van der Waals surface area contributed by atoms with Crippen LogP contribution in [0.4, 0.5) is 0 Å². The Morgan fingerprint density at radius 3 is 2.52 bits per heavy atom. The predicted molar refractivity (Wildman–Crippen MR) is 87.7 cm³/mol. The van der Waals surface area contributed by atoms with E-state index < -0.39 is 17.1 Å². The quantitative estimate of drug-likeness (QED) is 0.601. The summed E-state index contributed by atoms with van der Waals surface area (Å²) in [6, 6.07) is 18.2. The van der Waals surface area contributed by atoms with Crippen molar-refractivity contribution in [1.29, 1.82) is 5.26 Å². The smallest absolute Gasteiger partial charge is 0.365 e. The van der Waals surface area contributed by atoms with Crippen LogP contribution in [0.5, 0.6) is 0 Å². The van der Waals surface area contributed by atoms with Crippen molar-refractivity contribution in [3.8, 4) is 6.07 Å². The van der Waals surface area contributed by atoms with E-state index in [2.05, 4.69) is 22.0 Å². The van der Waals surface area contributed by atoms with Gasteiger partial charge < -0.3 is 4.74 Å². The Labute approximate surface area is 141 Å². The van der Waals surface area contributed by atoms with Crippen molar-refractivity contribution >= 4 is 21.7 Å². The van der Waals surface area contributed by atoms with Gasteiger partial charge in [-0.1, -0.05) is 58.4 Å². The number of hydrogen-bond acceptors (Lipinski definition) is 4. The normalized spacial score (nSPS) is 20.0. The molecule has 3 rings (SSSR count). The zero-order valence-corrected chi connectivity index (χ0v) is 13.4. The monoisotopic (exact) mass is 370 g/mol. The number of ether oxygens (including phenoxy) is 1. The molecule has 0 saturated heterocycles. The maximum Gasteiger partial charge on any atom is 0.365 e. The number of hydrogen-bond donors (Lipinski definition) is 0. The Kier molecular flexibility index (Phi) is 4.13. The molecule has 2 atom stereocenters. The first-order chi connectivity index (χ1) is 11.1. The third-order valence-electron chi connectivity index (χ3n) is 3.65. The molecule has 0 radical (unpaired) electrons. The van der Waals surface area contributed by atoms with Crippen molar-refractivity contribution in [2.45, 2.75) is 12.1 Å². The Balaban J connectivity index is 2.15. The average Bonchev–Trinajstić information content (AvgIpc) is 2.95. The van der Waals surface area contributed by atoms with Gasteiger partial charge in [0.1, 0.15) is 11.7 Å². The molecule has 6 heteroatoms. The van der Waals surface area contributed by atoms with Crippen LogP contribution in [0.15, 0.2) is 64.6 Å². The highest BCUT2D eigenvalue weighted by Crippen LogP contribution is 2.43. The van der Waals surface area contributed by atoms with Gasteiger partial charge in [-0.05, 0) is 17.7 Å². The van der Waals surface area contributed by atoms with E-state index in [1.807, 2.05) is 12.1 Å². The lowest BCUT2D eigenvalue weighted by atomic mass is 9.90. The van der Waals surface area contributed by atoms with Crippen LogP contribution in [0, 0.1) is 21.4 Å². The first-order valence-corrected chi connectivity index (χ1v) is 7.66. The molecular weight excluding hydrogens is 360 g/mol. The largest absolute Gasteiger partial charge is 0.427 e. The molecule has 0 saturated carbocycles. The topological polar surface area (TPSA) is 76.2 Å². The molecule has 0 amide bonds. The third-order valence-corrected chi connectivity index (χ3v) is 4.15. The summed E-state index contributed by atoms with van der Waals surface area (Å²) in [5, 5.41) is 21.0. The van der Waals surface area contributed by atoms with Gasteiger partial charge >= 0.3 is 6.23 Å². The first kappa shape index (κ1) is 15.3. The summed E-state index contributed by atoms with van der Waals surface area (Å²) in [4.78, 5) is 10.9. The van der Waals surface area contributed by atoms with Crippen molar-refractivity contribution in [3.63, 3.8) is 0 Å². The highest BCUT2D eigenvalue weighted by atomic mass is 79.9. The number of halogens is 1. The zero-order chi connectivity index (χ0) is 16.4. The van der Waals surface area contributed by atoms with Crippen molar-refractivity contribution in [1.82, 2.24) is 0 Å². The second-order valence-electron chi connectivity index (χ2n) is 5.05. The van der Waals surface area contributed by atoms with Gasteiger partial charge in [0.05, 0.1) is 16.6 Å². The highest BCUT2D eigenvalue weighted by Gasteiger charge is 2.46. The molecule has 0 bridgehead atoms. The fourth-order valence-corrected chi connectivity index (χ4v) is 3.07. The van der Waals surface area contributed by atoms with Gasteiger partial charge in [-0.25, -0.2) is 0 Å². The maximum atomic E-state index is 11.4. The molecule has 23 heavy (non-hydrogen) atoms. The predicted octanol–water partition coefficient (Wildman–Crippen LogP) is 4.10. The summed E-state index contributed by atoms with van der Waals surface area (Å²) < 4.78 is 6.38. The summed E-state index contributed by atoms with van der Waals surface area (Å²) >= 11 is 3.36. The van der Waals surface area contributed by atoms with Crippen LogP contribution >= 0.6 is 15.9 Å². The van der Waals surface area contributed by atoms with Crippen LogP contribution < -0.4 is 0 Å². The lowest BCUT2D eigenvalue weighted by Gasteiger charge is -2.12. The summed E-state index contributed by atoms with van der Waals surface area (Å²) in [6.07, 6.45) is -1.30. The standard InChI is InChI=1S/C17H11BrN2O3/c18-13-8-4-7-12(9-13)16-14(10-19)15(17(23-16)20(21)22)11-5-2-1-3-6-11/h1-9,15,17H/t15-,17-/m0/s1. The van der Waals surface area contributed by atoms with Gasteiger partial charge in [-0.15, -0.1) is 0 Å². The molecule has 1 heterocycles. The molecule has 5 nitrogen and oxygen atoms in total.